The summed E-state index contributed by atoms with van der Waals surface area (Å²) in [5.74, 6) is -0.269. The summed E-state index contributed by atoms with van der Waals surface area (Å²) in [6.07, 6.45) is 6.76. The van der Waals surface area contributed by atoms with E-state index in [0.29, 0.717) is 31.5 Å². The molecule has 3 fully saturated rings. The molecule has 29 heavy (non-hydrogen) atoms. The Hall–Kier alpha value is -2.74. The molecule has 1 aliphatic carbocycles. The van der Waals surface area contributed by atoms with E-state index in [2.05, 4.69) is 4.98 Å². The minimum absolute atomic E-state index is 0.00265. The molecule has 2 aromatic rings. The van der Waals surface area contributed by atoms with Crippen molar-refractivity contribution in [2.24, 2.45) is 0 Å². The summed E-state index contributed by atoms with van der Waals surface area (Å²) < 4.78 is 1.38. The fraction of sp³-hybridized carbons (Fsp3) is 0.524. The van der Waals surface area contributed by atoms with Gasteiger partial charge in [0.1, 0.15) is 11.2 Å². The minimum Gasteiger partial charge on any atom is -0.393 e. The van der Waals surface area contributed by atoms with Gasteiger partial charge in [0.15, 0.2) is 0 Å². The molecule has 8 heteroatoms. The zero-order valence-electron chi connectivity index (χ0n) is 16.1. The molecule has 2 aliphatic heterocycles. The summed E-state index contributed by atoms with van der Waals surface area (Å²) in [5.41, 5.74) is 0.155. The number of amides is 2. The number of carbonyl (C=O) groups excluding carboxylic acids is 2. The highest BCUT2D eigenvalue weighted by atomic mass is 16.3. The third-order valence-electron chi connectivity index (χ3n) is 6.70. The first-order valence-electron chi connectivity index (χ1n) is 10.3. The molecular weight excluding hydrogens is 372 g/mol. The van der Waals surface area contributed by atoms with Crippen molar-refractivity contribution in [3.63, 3.8) is 0 Å². The van der Waals surface area contributed by atoms with Crippen LogP contribution in [0.1, 0.15) is 48.9 Å². The van der Waals surface area contributed by atoms with E-state index in [1.54, 1.807) is 29.3 Å². The Balaban J connectivity index is 1.40. The highest BCUT2D eigenvalue weighted by Crippen LogP contribution is 2.37. The number of aliphatic hydroxyl groups excluding tert-OH is 1. The Morgan fingerprint density at radius 1 is 1.07 bits per heavy atom. The second-order valence-corrected chi connectivity index (χ2v) is 8.30. The molecule has 2 atom stereocenters. The van der Waals surface area contributed by atoms with Crippen molar-refractivity contribution in [1.29, 1.82) is 0 Å². The third kappa shape index (κ3) is 2.93. The van der Waals surface area contributed by atoms with Crippen LogP contribution in [0, 0.1) is 0 Å². The standard InChI is InChI=1S/C21H24N4O4/c26-14-6-4-13(5-7-14)25-16-8-10-23(17(16)11-19(25)27)20(28)15-12-22-18-3-1-2-9-24(18)21(15)29/h1-3,9,12-14,16-17,26H,4-8,10-11H2/t13?,14?,16-,17-/m0/s1. The number of nitrogens with zero attached hydrogens (tertiary/aromatic N) is 4. The molecule has 5 rings (SSSR count). The molecule has 2 amide bonds. The predicted molar refractivity (Wildman–Crippen MR) is 104 cm³/mol. The van der Waals surface area contributed by atoms with Crippen LogP contribution in [0.4, 0.5) is 0 Å². The maximum atomic E-state index is 13.2. The zero-order chi connectivity index (χ0) is 20.1. The van der Waals surface area contributed by atoms with E-state index >= 15 is 0 Å². The molecule has 2 aromatic heterocycles. The smallest absolute Gasteiger partial charge is 0.270 e. The van der Waals surface area contributed by atoms with Crippen molar-refractivity contribution in [1.82, 2.24) is 19.2 Å². The van der Waals surface area contributed by atoms with E-state index in [4.69, 9.17) is 0 Å². The fourth-order valence-corrected chi connectivity index (χ4v) is 5.27. The average molecular weight is 396 g/mol. The topological polar surface area (TPSA) is 95.2 Å². The maximum Gasteiger partial charge on any atom is 0.270 e. The number of hydrogen-bond acceptors (Lipinski definition) is 5. The Morgan fingerprint density at radius 3 is 2.66 bits per heavy atom. The number of fused-ring (bicyclic) bond motifs is 2. The highest BCUT2D eigenvalue weighted by Gasteiger charge is 2.50. The Kier molecular flexibility index (Phi) is 4.38. The van der Waals surface area contributed by atoms with Crippen LogP contribution in [0.3, 0.4) is 0 Å². The van der Waals surface area contributed by atoms with Gasteiger partial charge in [0, 0.05) is 31.4 Å². The van der Waals surface area contributed by atoms with Gasteiger partial charge in [-0.15, -0.1) is 0 Å². The molecule has 1 N–H and O–H groups in total. The lowest BCUT2D eigenvalue weighted by Gasteiger charge is -2.36. The Bertz CT molecular complexity index is 1030. The summed E-state index contributed by atoms with van der Waals surface area (Å²) in [6, 6.07) is 5.18. The van der Waals surface area contributed by atoms with Crippen molar-refractivity contribution in [3.8, 4) is 0 Å². The van der Waals surface area contributed by atoms with Gasteiger partial charge in [-0.2, -0.15) is 0 Å². The average Bonchev–Trinajstić information content (AvgIpc) is 3.27. The van der Waals surface area contributed by atoms with Crippen LogP contribution >= 0.6 is 0 Å². The van der Waals surface area contributed by atoms with Crippen LogP contribution < -0.4 is 5.56 Å². The summed E-state index contributed by atoms with van der Waals surface area (Å²) in [6.45, 7) is 0.532. The molecule has 4 heterocycles. The molecule has 0 unspecified atom stereocenters. The second kappa shape index (κ2) is 6.95. The van der Waals surface area contributed by atoms with Crippen LogP contribution in [0.5, 0.6) is 0 Å². The molecule has 0 bridgehead atoms. The lowest BCUT2D eigenvalue weighted by Crippen LogP contribution is -2.46. The van der Waals surface area contributed by atoms with Gasteiger partial charge in [-0.05, 0) is 44.2 Å². The van der Waals surface area contributed by atoms with Crippen LogP contribution in [0.25, 0.3) is 5.65 Å². The van der Waals surface area contributed by atoms with Crippen LogP contribution in [0.2, 0.25) is 0 Å². The number of pyridine rings is 1. The quantitative estimate of drug-likeness (QED) is 0.811. The number of likely N-dealkylation sites (tertiary alicyclic amines) is 2. The minimum atomic E-state index is -0.383. The summed E-state index contributed by atoms with van der Waals surface area (Å²) in [5, 5.41) is 9.77. The number of hydrogen-bond donors (Lipinski definition) is 1. The van der Waals surface area contributed by atoms with E-state index in [1.165, 1.54) is 10.6 Å². The Morgan fingerprint density at radius 2 is 1.86 bits per heavy atom. The van der Waals surface area contributed by atoms with Crippen molar-refractivity contribution in [3.05, 3.63) is 46.5 Å². The van der Waals surface area contributed by atoms with E-state index in [1.807, 2.05) is 4.90 Å². The first kappa shape index (κ1) is 18.3. The molecular formula is C21H24N4O4. The van der Waals surface area contributed by atoms with Gasteiger partial charge >= 0.3 is 0 Å². The number of aromatic nitrogens is 2. The van der Waals surface area contributed by atoms with Crippen molar-refractivity contribution in [2.75, 3.05) is 6.54 Å². The van der Waals surface area contributed by atoms with E-state index in [0.717, 1.165) is 19.3 Å². The molecule has 0 spiro atoms. The van der Waals surface area contributed by atoms with Crippen molar-refractivity contribution >= 4 is 17.5 Å². The monoisotopic (exact) mass is 396 g/mol. The molecule has 8 nitrogen and oxygen atoms in total. The summed E-state index contributed by atoms with van der Waals surface area (Å²) in [4.78, 5) is 46.7. The highest BCUT2D eigenvalue weighted by molar-refractivity contribution is 5.95. The van der Waals surface area contributed by atoms with Crippen LogP contribution in [-0.2, 0) is 4.79 Å². The van der Waals surface area contributed by atoms with Crippen molar-refractivity contribution < 1.29 is 14.7 Å². The van der Waals surface area contributed by atoms with Gasteiger partial charge in [0.25, 0.3) is 11.5 Å². The van der Waals surface area contributed by atoms with Crippen LogP contribution in [0.15, 0.2) is 35.4 Å². The fourth-order valence-electron chi connectivity index (χ4n) is 5.27. The van der Waals surface area contributed by atoms with Gasteiger partial charge in [0.2, 0.25) is 5.91 Å². The normalized spacial score (nSPS) is 29.5. The van der Waals surface area contributed by atoms with Gasteiger partial charge in [-0.25, -0.2) is 4.98 Å². The third-order valence-corrected chi connectivity index (χ3v) is 6.70. The SMILES string of the molecule is O=C(c1cnc2ccccn2c1=O)N1CC[C@H]2[C@@H]1CC(=O)N2C1CCC(O)CC1. The van der Waals surface area contributed by atoms with Gasteiger partial charge in [-0.1, -0.05) is 6.07 Å². The van der Waals surface area contributed by atoms with Crippen molar-refractivity contribution in [2.45, 2.75) is 62.8 Å². The largest absolute Gasteiger partial charge is 0.393 e. The molecule has 152 valence electrons. The Labute approximate surface area is 167 Å². The number of carbonyl (C=O) groups is 2. The molecule has 3 aliphatic rings. The van der Waals surface area contributed by atoms with E-state index in [-0.39, 0.29) is 47.2 Å². The predicted octanol–water partition coefficient (Wildman–Crippen LogP) is 0.813. The van der Waals surface area contributed by atoms with E-state index < -0.39 is 0 Å². The molecule has 1 saturated carbocycles. The lowest BCUT2D eigenvalue weighted by atomic mass is 9.91. The summed E-state index contributed by atoms with van der Waals surface area (Å²) in [7, 11) is 0. The van der Waals surface area contributed by atoms with Gasteiger partial charge < -0.3 is 14.9 Å². The van der Waals surface area contributed by atoms with Gasteiger partial charge in [0.05, 0.1) is 18.2 Å². The second-order valence-electron chi connectivity index (χ2n) is 8.30. The first-order valence-corrected chi connectivity index (χ1v) is 10.3. The summed E-state index contributed by atoms with van der Waals surface area (Å²) >= 11 is 0. The molecule has 2 saturated heterocycles. The molecule has 0 aromatic carbocycles. The first-order chi connectivity index (χ1) is 14.0. The number of rotatable bonds is 2. The number of aliphatic hydroxyl groups is 1. The molecule has 0 radical (unpaired) electrons. The van der Waals surface area contributed by atoms with Gasteiger partial charge in [-0.3, -0.25) is 18.8 Å². The maximum absolute atomic E-state index is 13.2. The zero-order valence-corrected chi connectivity index (χ0v) is 16.1. The van der Waals surface area contributed by atoms with Crippen LogP contribution in [-0.4, -0.2) is 66.9 Å². The lowest BCUT2D eigenvalue weighted by molar-refractivity contribution is -0.132. The van der Waals surface area contributed by atoms with E-state index in [9.17, 15) is 19.5 Å².